The molecular formula is C17H20ClN3O2. The minimum absolute atomic E-state index is 0. The molecule has 1 aliphatic heterocycles. The quantitative estimate of drug-likeness (QED) is 0.901. The molecule has 4 rings (SSSR count). The van der Waals surface area contributed by atoms with E-state index in [-0.39, 0.29) is 24.2 Å². The maximum atomic E-state index is 12.1. The van der Waals surface area contributed by atoms with Crippen molar-refractivity contribution in [2.24, 2.45) is 5.92 Å². The molecule has 2 N–H and O–H groups in total. The third kappa shape index (κ3) is 3.57. The van der Waals surface area contributed by atoms with E-state index in [1.165, 1.54) is 12.8 Å². The lowest BCUT2D eigenvalue weighted by Crippen LogP contribution is -2.24. The van der Waals surface area contributed by atoms with Gasteiger partial charge in [-0.1, -0.05) is 0 Å². The van der Waals surface area contributed by atoms with Gasteiger partial charge in [0.1, 0.15) is 0 Å². The van der Waals surface area contributed by atoms with Gasteiger partial charge in [0.2, 0.25) is 5.91 Å². The minimum atomic E-state index is 0. The Labute approximate surface area is 141 Å². The summed E-state index contributed by atoms with van der Waals surface area (Å²) >= 11 is 0. The molecule has 0 spiro atoms. The van der Waals surface area contributed by atoms with Crippen molar-refractivity contribution in [3.8, 4) is 11.3 Å². The molecule has 1 amide bonds. The number of nitrogens with one attached hydrogen (secondary N) is 2. The normalized spacial score (nSPS) is 20.1. The molecule has 2 heterocycles. The van der Waals surface area contributed by atoms with Crippen LogP contribution in [0.2, 0.25) is 0 Å². The summed E-state index contributed by atoms with van der Waals surface area (Å²) in [5, 5.41) is 6.18. The zero-order valence-electron chi connectivity index (χ0n) is 12.7. The number of hydrogen-bond acceptors (Lipinski definition) is 4. The number of amides is 1. The van der Waals surface area contributed by atoms with Crippen molar-refractivity contribution in [2.75, 3.05) is 18.4 Å². The van der Waals surface area contributed by atoms with Gasteiger partial charge in [0.15, 0.2) is 11.7 Å². The van der Waals surface area contributed by atoms with Gasteiger partial charge in [-0.05, 0) is 50.1 Å². The van der Waals surface area contributed by atoms with Crippen molar-refractivity contribution in [1.82, 2.24) is 10.3 Å². The summed E-state index contributed by atoms with van der Waals surface area (Å²) in [5.41, 5.74) is 1.81. The first-order valence-corrected chi connectivity index (χ1v) is 7.87. The summed E-state index contributed by atoms with van der Waals surface area (Å²) in [7, 11) is 0. The Hall–Kier alpha value is -1.85. The number of anilines is 1. The molecule has 23 heavy (non-hydrogen) atoms. The van der Waals surface area contributed by atoms with Crippen molar-refractivity contribution >= 4 is 24.0 Å². The Kier molecular flexibility index (Phi) is 4.68. The summed E-state index contributed by atoms with van der Waals surface area (Å²) in [6.07, 6.45) is 5.05. The van der Waals surface area contributed by atoms with Crippen LogP contribution in [0.3, 0.4) is 0 Å². The number of nitrogens with zero attached hydrogens (tertiary/aromatic N) is 1. The van der Waals surface area contributed by atoms with E-state index < -0.39 is 0 Å². The molecule has 0 bridgehead atoms. The molecule has 5 nitrogen and oxygen atoms in total. The third-order valence-corrected chi connectivity index (χ3v) is 4.32. The molecule has 1 saturated heterocycles. The second kappa shape index (κ2) is 6.72. The van der Waals surface area contributed by atoms with E-state index in [1.54, 1.807) is 6.20 Å². The number of rotatable bonds is 4. The number of hydrogen-bond donors (Lipinski definition) is 2. The van der Waals surface area contributed by atoms with Crippen LogP contribution in [0, 0.1) is 5.92 Å². The third-order valence-electron chi connectivity index (χ3n) is 4.32. The maximum Gasteiger partial charge on any atom is 0.228 e. The molecule has 1 aromatic heterocycles. The topological polar surface area (TPSA) is 67.2 Å². The summed E-state index contributed by atoms with van der Waals surface area (Å²) in [6.45, 7) is 1.69. The molecule has 6 heteroatoms. The summed E-state index contributed by atoms with van der Waals surface area (Å²) in [4.78, 5) is 16.4. The Morgan fingerprint density at radius 2 is 2.00 bits per heavy atom. The standard InChI is InChI=1S/C17H19N3O2.ClH/c21-16(13-7-8-18-9-13)20-14-5-3-11(4-6-14)15-10-19-17(22-15)12-1-2-12;/h3-6,10,12-13,18H,1-2,7-9H2,(H,20,21);1H. The predicted octanol–water partition coefficient (Wildman–Crippen LogP) is 3.19. The first-order chi connectivity index (χ1) is 10.8. The highest BCUT2D eigenvalue weighted by molar-refractivity contribution is 5.93. The first kappa shape index (κ1) is 16.0. The summed E-state index contributed by atoms with van der Waals surface area (Å²) < 4.78 is 5.79. The number of benzene rings is 1. The molecule has 2 aromatic rings. The van der Waals surface area contributed by atoms with Gasteiger partial charge in [0, 0.05) is 23.7 Å². The number of halogens is 1. The van der Waals surface area contributed by atoms with E-state index in [0.29, 0.717) is 5.92 Å². The van der Waals surface area contributed by atoms with Crippen LogP contribution in [0.1, 0.15) is 31.1 Å². The zero-order valence-corrected chi connectivity index (χ0v) is 13.6. The second-order valence-electron chi connectivity index (χ2n) is 6.09. The molecule has 2 aliphatic rings. The average Bonchev–Trinajstić information content (AvgIpc) is 3.05. The lowest BCUT2D eigenvalue weighted by molar-refractivity contribution is -0.119. The van der Waals surface area contributed by atoms with Crippen molar-refractivity contribution in [1.29, 1.82) is 0 Å². The van der Waals surface area contributed by atoms with Crippen LogP contribution in [0.5, 0.6) is 0 Å². The largest absolute Gasteiger partial charge is 0.440 e. The van der Waals surface area contributed by atoms with Crippen LogP contribution in [0.25, 0.3) is 11.3 Å². The van der Waals surface area contributed by atoms with Gasteiger partial charge < -0.3 is 15.1 Å². The van der Waals surface area contributed by atoms with E-state index in [0.717, 1.165) is 42.4 Å². The highest BCUT2D eigenvalue weighted by Gasteiger charge is 2.28. The lowest BCUT2D eigenvalue weighted by Gasteiger charge is -2.10. The predicted molar refractivity (Wildman–Crippen MR) is 90.8 cm³/mol. The fraction of sp³-hybridized carbons (Fsp3) is 0.412. The second-order valence-corrected chi connectivity index (χ2v) is 6.09. The Morgan fingerprint density at radius 3 is 2.65 bits per heavy atom. The lowest BCUT2D eigenvalue weighted by atomic mass is 10.1. The van der Waals surface area contributed by atoms with Crippen LogP contribution >= 0.6 is 12.4 Å². The van der Waals surface area contributed by atoms with Crippen LogP contribution in [-0.4, -0.2) is 24.0 Å². The van der Waals surface area contributed by atoms with Crippen molar-refractivity contribution in [3.05, 3.63) is 36.4 Å². The summed E-state index contributed by atoms with van der Waals surface area (Å²) in [5.74, 6) is 2.33. The van der Waals surface area contributed by atoms with Gasteiger partial charge in [-0.3, -0.25) is 4.79 Å². The minimum Gasteiger partial charge on any atom is -0.440 e. The van der Waals surface area contributed by atoms with Gasteiger partial charge in [0.05, 0.1) is 12.1 Å². The van der Waals surface area contributed by atoms with Gasteiger partial charge in [-0.15, -0.1) is 12.4 Å². The zero-order chi connectivity index (χ0) is 14.9. The molecule has 1 atom stereocenters. The smallest absolute Gasteiger partial charge is 0.228 e. The van der Waals surface area contributed by atoms with Crippen LogP contribution in [0.4, 0.5) is 5.69 Å². The van der Waals surface area contributed by atoms with Crippen LogP contribution < -0.4 is 10.6 Å². The summed E-state index contributed by atoms with van der Waals surface area (Å²) in [6, 6.07) is 7.74. The fourth-order valence-electron chi connectivity index (χ4n) is 2.78. The molecule has 2 fully saturated rings. The number of oxazole rings is 1. The van der Waals surface area contributed by atoms with Gasteiger partial charge >= 0.3 is 0 Å². The van der Waals surface area contributed by atoms with E-state index in [1.807, 2.05) is 24.3 Å². The molecule has 1 aliphatic carbocycles. The Bertz CT molecular complexity index is 673. The van der Waals surface area contributed by atoms with E-state index in [2.05, 4.69) is 15.6 Å². The fourth-order valence-corrected chi connectivity index (χ4v) is 2.78. The molecule has 122 valence electrons. The average molecular weight is 334 g/mol. The monoisotopic (exact) mass is 333 g/mol. The molecular weight excluding hydrogens is 314 g/mol. The highest BCUT2D eigenvalue weighted by atomic mass is 35.5. The first-order valence-electron chi connectivity index (χ1n) is 7.87. The van der Waals surface area contributed by atoms with Gasteiger partial charge in [-0.25, -0.2) is 4.98 Å². The highest BCUT2D eigenvalue weighted by Crippen LogP contribution is 2.40. The SMILES string of the molecule is Cl.O=C(Nc1ccc(-c2cnc(C3CC3)o2)cc1)C1CCNC1. The molecule has 1 aromatic carbocycles. The number of carbonyl (C=O) groups is 1. The van der Waals surface area contributed by atoms with E-state index in [9.17, 15) is 4.79 Å². The van der Waals surface area contributed by atoms with Crippen molar-refractivity contribution in [3.63, 3.8) is 0 Å². The van der Waals surface area contributed by atoms with Gasteiger partial charge in [-0.2, -0.15) is 0 Å². The number of carbonyl (C=O) groups excluding carboxylic acids is 1. The van der Waals surface area contributed by atoms with Crippen molar-refractivity contribution < 1.29 is 9.21 Å². The van der Waals surface area contributed by atoms with E-state index in [4.69, 9.17) is 4.42 Å². The molecule has 1 saturated carbocycles. The van der Waals surface area contributed by atoms with Gasteiger partial charge in [0.25, 0.3) is 0 Å². The van der Waals surface area contributed by atoms with Crippen molar-refractivity contribution in [2.45, 2.75) is 25.2 Å². The Balaban J connectivity index is 0.00000156. The van der Waals surface area contributed by atoms with Crippen LogP contribution in [0.15, 0.2) is 34.9 Å². The molecule has 0 radical (unpaired) electrons. The van der Waals surface area contributed by atoms with Crippen LogP contribution in [-0.2, 0) is 4.79 Å². The maximum absolute atomic E-state index is 12.1. The Morgan fingerprint density at radius 1 is 1.22 bits per heavy atom. The number of aromatic nitrogens is 1. The molecule has 1 unspecified atom stereocenters. The van der Waals surface area contributed by atoms with E-state index >= 15 is 0 Å².